The van der Waals surface area contributed by atoms with Crippen molar-refractivity contribution in [3.05, 3.63) is 82.6 Å². The van der Waals surface area contributed by atoms with Gasteiger partial charge < -0.3 is 15.7 Å². The second-order valence-electron chi connectivity index (χ2n) is 8.93. The van der Waals surface area contributed by atoms with Gasteiger partial charge in [-0.15, -0.1) is 0 Å². The van der Waals surface area contributed by atoms with Crippen molar-refractivity contribution >= 4 is 11.7 Å². The number of benzene rings is 2. The third-order valence-electron chi connectivity index (χ3n) is 6.32. The van der Waals surface area contributed by atoms with Gasteiger partial charge >= 0.3 is 0 Å². The normalized spacial score (nSPS) is 16.0. The minimum atomic E-state index is -3.07. The second-order valence-corrected chi connectivity index (χ2v) is 8.93. The van der Waals surface area contributed by atoms with E-state index in [0.29, 0.717) is 31.4 Å². The van der Waals surface area contributed by atoms with E-state index in [1.165, 1.54) is 18.5 Å². The molecule has 3 N–H and O–H groups in total. The van der Waals surface area contributed by atoms with Crippen LogP contribution >= 0.6 is 0 Å². The molecular weight excluding hydrogens is 457 g/mol. The molecule has 0 aliphatic carbocycles. The highest BCUT2D eigenvalue weighted by atomic mass is 19.3. The summed E-state index contributed by atoms with van der Waals surface area (Å²) >= 11 is 0. The Morgan fingerprint density at radius 2 is 1.86 bits per heavy atom. The maximum Gasteiger partial charge on any atom is 0.270 e. The first-order chi connectivity index (χ1) is 16.6. The molecule has 6 nitrogen and oxygen atoms in total. The minimum absolute atomic E-state index is 0.138. The Kier molecular flexibility index (Phi) is 6.95. The highest BCUT2D eigenvalue weighted by molar-refractivity contribution is 5.76. The molecule has 2 aromatic carbocycles. The van der Waals surface area contributed by atoms with Crippen LogP contribution in [-0.4, -0.2) is 27.5 Å². The molecule has 1 atom stereocenters. The zero-order valence-electron chi connectivity index (χ0n) is 19.3. The van der Waals surface area contributed by atoms with Crippen molar-refractivity contribution in [2.45, 2.75) is 51.0 Å². The van der Waals surface area contributed by atoms with E-state index in [0.717, 1.165) is 30.5 Å². The summed E-state index contributed by atoms with van der Waals surface area (Å²) < 4.78 is 42.7. The predicted molar refractivity (Wildman–Crippen MR) is 126 cm³/mol. The number of nitrogens with zero attached hydrogens (tertiary/aromatic N) is 3. The zero-order valence-corrected chi connectivity index (χ0v) is 19.3. The van der Waals surface area contributed by atoms with E-state index >= 15 is 4.39 Å². The van der Waals surface area contributed by atoms with Gasteiger partial charge in [0.15, 0.2) is 11.6 Å². The van der Waals surface area contributed by atoms with Crippen molar-refractivity contribution in [2.24, 2.45) is 5.73 Å². The lowest BCUT2D eigenvalue weighted by Gasteiger charge is -2.27. The Bertz CT molecular complexity index is 1210. The number of carbonyl (C=O) groups is 1. The highest BCUT2D eigenvalue weighted by Crippen LogP contribution is 2.41. The van der Waals surface area contributed by atoms with E-state index in [-0.39, 0.29) is 35.3 Å². The number of carbonyl (C=O) groups excluding carboxylic acids is 1. The standard InChI is InChI=1S/C26H27F3N4O2/c1-26(28,29)18-9-10-19(22(34)14-18)21-3-2-12-33(21)25-24(27)20(31-15-32-25)11-8-16-4-6-17(7-5-16)13-23(30)35/h4-7,9-10,14-15,21,34H,2-3,8,11-13H2,1H3,(H2,30,35). The van der Waals surface area contributed by atoms with Gasteiger partial charge in [0.25, 0.3) is 5.92 Å². The number of rotatable bonds is 8. The lowest BCUT2D eigenvalue weighted by atomic mass is 9.99. The molecule has 0 spiro atoms. The SMILES string of the molecule is CC(F)(F)c1ccc(C2CCCN2c2ncnc(CCc3ccc(CC(N)=O)cc3)c2F)c(O)c1. The number of alkyl halides is 2. The highest BCUT2D eigenvalue weighted by Gasteiger charge is 2.33. The molecule has 4 rings (SSSR count). The molecule has 0 saturated carbocycles. The van der Waals surface area contributed by atoms with E-state index in [9.17, 15) is 18.7 Å². The fraction of sp³-hybridized carbons (Fsp3) is 0.346. The molecule has 1 aliphatic heterocycles. The topological polar surface area (TPSA) is 92.3 Å². The van der Waals surface area contributed by atoms with Crippen LogP contribution in [0.5, 0.6) is 5.75 Å². The Morgan fingerprint density at radius 3 is 2.51 bits per heavy atom. The monoisotopic (exact) mass is 484 g/mol. The van der Waals surface area contributed by atoms with Crippen LogP contribution in [0.3, 0.4) is 0 Å². The molecule has 3 aromatic rings. The first kappa shape index (κ1) is 24.5. The third-order valence-corrected chi connectivity index (χ3v) is 6.32. The molecule has 1 aromatic heterocycles. The number of aromatic hydroxyl groups is 1. The van der Waals surface area contributed by atoms with Crippen molar-refractivity contribution in [1.82, 2.24) is 9.97 Å². The summed E-state index contributed by atoms with van der Waals surface area (Å²) in [6.07, 6.45) is 3.75. The minimum Gasteiger partial charge on any atom is -0.508 e. The van der Waals surface area contributed by atoms with E-state index in [4.69, 9.17) is 5.73 Å². The van der Waals surface area contributed by atoms with Crippen LogP contribution in [0.15, 0.2) is 48.8 Å². The van der Waals surface area contributed by atoms with E-state index < -0.39 is 17.6 Å². The molecule has 0 radical (unpaired) electrons. The Labute approximate surface area is 201 Å². The number of aromatic nitrogens is 2. The Morgan fingerprint density at radius 1 is 1.14 bits per heavy atom. The number of amides is 1. The molecule has 1 unspecified atom stereocenters. The van der Waals surface area contributed by atoms with Crippen molar-refractivity contribution in [3.8, 4) is 5.75 Å². The molecule has 1 fully saturated rings. The number of halogens is 3. The van der Waals surface area contributed by atoms with Gasteiger partial charge in [-0.25, -0.2) is 23.1 Å². The number of primary amides is 1. The number of hydrogen-bond acceptors (Lipinski definition) is 5. The van der Waals surface area contributed by atoms with Gasteiger partial charge in [0.1, 0.15) is 12.1 Å². The van der Waals surface area contributed by atoms with E-state index in [2.05, 4.69) is 9.97 Å². The van der Waals surface area contributed by atoms with Gasteiger partial charge in [0.2, 0.25) is 5.91 Å². The number of phenols is 1. The van der Waals surface area contributed by atoms with E-state index in [1.807, 2.05) is 24.3 Å². The second kappa shape index (κ2) is 9.93. The largest absolute Gasteiger partial charge is 0.508 e. The summed E-state index contributed by atoms with van der Waals surface area (Å²) in [5, 5.41) is 10.5. The molecule has 1 saturated heterocycles. The molecule has 2 heterocycles. The summed E-state index contributed by atoms with van der Waals surface area (Å²) in [7, 11) is 0. The first-order valence-electron chi connectivity index (χ1n) is 11.5. The summed E-state index contributed by atoms with van der Waals surface area (Å²) in [5.74, 6) is -4.10. The molecule has 1 aliphatic rings. The maximum absolute atomic E-state index is 15.5. The lowest BCUT2D eigenvalue weighted by molar-refractivity contribution is -0.117. The first-order valence-corrected chi connectivity index (χ1v) is 11.5. The van der Waals surface area contributed by atoms with Crippen molar-refractivity contribution in [2.75, 3.05) is 11.4 Å². The quantitative estimate of drug-likeness (QED) is 0.488. The fourth-order valence-corrected chi connectivity index (χ4v) is 4.50. The molecule has 0 bridgehead atoms. The molecule has 9 heteroatoms. The molecule has 184 valence electrons. The van der Waals surface area contributed by atoms with Crippen molar-refractivity contribution in [3.63, 3.8) is 0 Å². The van der Waals surface area contributed by atoms with Gasteiger partial charge in [-0.3, -0.25) is 4.79 Å². The maximum atomic E-state index is 15.5. The smallest absolute Gasteiger partial charge is 0.270 e. The summed E-state index contributed by atoms with van der Waals surface area (Å²) in [6, 6.07) is 10.9. The number of anilines is 1. The average Bonchev–Trinajstić information content (AvgIpc) is 3.27. The van der Waals surface area contributed by atoms with Gasteiger partial charge in [-0.2, -0.15) is 0 Å². The van der Waals surface area contributed by atoms with Gasteiger partial charge in [-0.1, -0.05) is 36.4 Å². The third kappa shape index (κ3) is 5.55. The zero-order chi connectivity index (χ0) is 25.2. The number of nitrogens with two attached hydrogens (primary N) is 1. The van der Waals surface area contributed by atoms with Crippen LogP contribution in [0.2, 0.25) is 0 Å². The summed E-state index contributed by atoms with van der Waals surface area (Å²) in [4.78, 5) is 21.1. The lowest BCUT2D eigenvalue weighted by Crippen LogP contribution is -2.25. The van der Waals surface area contributed by atoms with E-state index in [1.54, 1.807) is 4.90 Å². The van der Waals surface area contributed by atoms with Gasteiger partial charge in [0.05, 0.1) is 18.2 Å². The van der Waals surface area contributed by atoms with Gasteiger partial charge in [-0.05, 0) is 42.9 Å². The molecule has 35 heavy (non-hydrogen) atoms. The van der Waals surface area contributed by atoms with Crippen LogP contribution in [0.4, 0.5) is 19.0 Å². The summed E-state index contributed by atoms with van der Waals surface area (Å²) in [6.45, 7) is 1.29. The molecular formula is C26H27F3N4O2. The van der Waals surface area contributed by atoms with Crippen LogP contribution in [0.1, 0.15) is 53.8 Å². The Balaban J connectivity index is 1.52. The van der Waals surface area contributed by atoms with Crippen LogP contribution < -0.4 is 10.6 Å². The van der Waals surface area contributed by atoms with Crippen LogP contribution in [-0.2, 0) is 30.0 Å². The van der Waals surface area contributed by atoms with Crippen molar-refractivity contribution in [1.29, 1.82) is 0 Å². The van der Waals surface area contributed by atoms with Crippen molar-refractivity contribution < 1.29 is 23.1 Å². The van der Waals surface area contributed by atoms with Gasteiger partial charge in [0, 0.05) is 24.6 Å². The molecule has 1 amide bonds. The number of aryl methyl sites for hydroxylation is 2. The van der Waals surface area contributed by atoms with Crippen LogP contribution in [0.25, 0.3) is 0 Å². The number of phenolic OH excluding ortho intramolecular Hbond substituents is 1. The number of hydrogen-bond donors (Lipinski definition) is 2. The predicted octanol–water partition coefficient (Wildman–Crippen LogP) is 4.59. The fourth-order valence-electron chi connectivity index (χ4n) is 4.50. The average molecular weight is 485 g/mol. The Hall–Kier alpha value is -3.62. The van der Waals surface area contributed by atoms with Crippen LogP contribution in [0, 0.1) is 5.82 Å². The summed E-state index contributed by atoms with van der Waals surface area (Å²) in [5.41, 5.74) is 7.46.